The van der Waals surface area contributed by atoms with E-state index in [9.17, 15) is 4.79 Å². The van der Waals surface area contributed by atoms with Gasteiger partial charge in [0.2, 0.25) is 0 Å². The number of H-pyrrole nitrogens is 1. The largest absolute Gasteiger partial charge is 0.397 e. The Balaban J connectivity index is 2.30. The van der Waals surface area contributed by atoms with Gasteiger partial charge < -0.3 is 16.0 Å². The fourth-order valence-corrected chi connectivity index (χ4v) is 2.07. The third-order valence-corrected chi connectivity index (χ3v) is 3.91. The second kappa shape index (κ2) is 4.96. The van der Waals surface area contributed by atoms with Crippen LogP contribution in [0.25, 0.3) is 10.9 Å². The van der Waals surface area contributed by atoms with Crippen LogP contribution in [0.5, 0.6) is 0 Å². The minimum absolute atomic E-state index is 0.0817. The molecule has 19 heavy (non-hydrogen) atoms. The highest BCUT2D eigenvalue weighted by atomic mass is 16.2. The SMILES string of the molecule is CCC(C)(CC)NC(=O)c1cc2cccc(N)c2[nH]1. The van der Waals surface area contributed by atoms with Crippen LogP contribution in [0, 0.1) is 0 Å². The Bertz CT molecular complexity index is 596. The zero-order valence-electron chi connectivity index (χ0n) is 11.7. The molecule has 0 aliphatic heterocycles. The highest BCUT2D eigenvalue weighted by molar-refractivity contribution is 6.01. The lowest BCUT2D eigenvalue weighted by Crippen LogP contribution is -2.45. The van der Waals surface area contributed by atoms with Gasteiger partial charge in [-0.05, 0) is 31.9 Å². The molecule has 0 radical (unpaired) electrons. The van der Waals surface area contributed by atoms with E-state index in [1.54, 1.807) is 0 Å². The number of rotatable bonds is 4. The zero-order valence-corrected chi connectivity index (χ0v) is 11.7. The lowest BCUT2D eigenvalue weighted by molar-refractivity contribution is 0.0896. The van der Waals surface area contributed by atoms with Gasteiger partial charge in [0.25, 0.3) is 5.91 Å². The number of benzene rings is 1. The predicted molar refractivity (Wildman–Crippen MR) is 79.2 cm³/mol. The lowest BCUT2D eigenvalue weighted by atomic mass is 9.95. The summed E-state index contributed by atoms with van der Waals surface area (Å²) in [4.78, 5) is 15.4. The third-order valence-electron chi connectivity index (χ3n) is 3.91. The molecule has 0 saturated carbocycles. The lowest BCUT2D eigenvalue weighted by Gasteiger charge is -2.27. The number of carbonyl (C=O) groups excluding carboxylic acids is 1. The number of fused-ring (bicyclic) bond motifs is 1. The van der Waals surface area contributed by atoms with Crippen LogP contribution >= 0.6 is 0 Å². The maximum Gasteiger partial charge on any atom is 0.268 e. The zero-order chi connectivity index (χ0) is 14.0. The van der Waals surface area contributed by atoms with E-state index < -0.39 is 0 Å². The molecule has 0 aliphatic rings. The van der Waals surface area contributed by atoms with Crippen molar-refractivity contribution >= 4 is 22.5 Å². The molecule has 0 atom stereocenters. The molecule has 0 bridgehead atoms. The normalized spacial score (nSPS) is 11.7. The number of nitrogen functional groups attached to an aromatic ring is 1. The van der Waals surface area contributed by atoms with Crippen LogP contribution in [0.4, 0.5) is 5.69 Å². The molecule has 4 N–H and O–H groups in total. The average molecular weight is 259 g/mol. The molecular formula is C15H21N3O. The monoisotopic (exact) mass is 259 g/mol. The van der Waals surface area contributed by atoms with E-state index in [0.29, 0.717) is 11.4 Å². The fourth-order valence-electron chi connectivity index (χ4n) is 2.07. The second-order valence-corrected chi connectivity index (χ2v) is 5.22. The molecule has 0 aliphatic carbocycles. The van der Waals surface area contributed by atoms with Crippen molar-refractivity contribution in [3.63, 3.8) is 0 Å². The number of nitrogens with two attached hydrogens (primary N) is 1. The summed E-state index contributed by atoms with van der Waals surface area (Å²) in [5.74, 6) is -0.0817. The summed E-state index contributed by atoms with van der Waals surface area (Å²) in [6.45, 7) is 6.21. The van der Waals surface area contributed by atoms with E-state index in [1.165, 1.54) is 0 Å². The molecule has 2 rings (SSSR count). The first-order valence-corrected chi connectivity index (χ1v) is 6.69. The summed E-state index contributed by atoms with van der Waals surface area (Å²) in [6, 6.07) is 7.49. The highest BCUT2D eigenvalue weighted by Crippen LogP contribution is 2.22. The van der Waals surface area contributed by atoms with Crippen LogP contribution in [0.2, 0.25) is 0 Å². The van der Waals surface area contributed by atoms with Crippen LogP contribution < -0.4 is 11.1 Å². The standard InChI is InChI=1S/C15H21N3O/c1-4-15(3,5-2)18-14(19)12-9-10-7-6-8-11(16)13(10)17-12/h6-9,17H,4-5,16H2,1-3H3,(H,18,19). The van der Waals surface area contributed by atoms with Crippen LogP contribution in [0.1, 0.15) is 44.1 Å². The molecule has 4 heteroatoms. The summed E-state index contributed by atoms with van der Waals surface area (Å²) in [5, 5.41) is 4.04. The molecular weight excluding hydrogens is 238 g/mol. The van der Waals surface area contributed by atoms with Crippen molar-refractivity contribution in [1.82, 2.24) is 10.3 Å². The number of hydrogen-bond acceptors (Lipinski definition) is 2. The minimum Gasteiger partial charge on any atom is -0.397 e. The van der Waals surface area contributed by atoms with E-state index in [-0.39, 0.29) is 11.4 Å². The number of para-hydroxylation sites is 1. The number of carbonyl (C=O) groups is 1. The Morgan fingerprint density at radius 3 is 2.63 bits per heavy atom. The summed E-state index contributed by atoms with van der Waals surface area (Å²) in [7, 11) is 0. The molecule has 102 valence electrons. The Morgan fingerprint density at radius 2 is 2.05 bits per heavy atom. The third kappa shape index (κ3) is 2.57. The molecule has 0 fully saturated rings. The Hall–Kier alpha value is -1.97. The number of anilines is 1. The van der Waals surface area contributed by atoms with Crippen molar-refractivity contribution in [2.45, 2.75) is 39.2 Å². The van der Waals surface area contributed by atoms with E-state index in [4.69, 9.17) is 5.73 Å². The van der Waals surface area contributed by atoms with Crippen molar-refractivity contribution in [1.29, 1.82) is 0 Å². The van der Waals surface area contributed by atoms with Gasteiger partial charge in [-0.1, -0.05) is 26.0 Å². The van der Waals surface area contributed by atoms with Gasteiger partial charge in [-0.2, -0.15) is 0 Å². The van der Waals surface area contributed by atoms with Gasteiger partial charge in [0.05, 0.1) is 11.2 Å². The first-order chi connectivity index (χ1) is 8.99. The van der Waals surface area contributed by atoms with Gasteiger partial charge in [-0.15, -0.1) is 0 Å². The maximum atomic E-state index is 12.3. The second-order valence-electron chi connectivity index (χ2n) is 5.22. The minimum atomic E-state index is -0.167. The molecule has 4 nitrogen and oxygen atoms in total. The van der Waals surface area contributed by atoms with E-state index in [1.807, 2.05) is 24.3 Å². The number of aromatic nitrogens is 1. The van der Waals surface area contributed by atoms with Crippen LogP contribution in [-0.2, 0) is 0 Å². The van der Waals surface area contributed by atoms with Crippen molar-refractivity contribution < 1.29 is 4.79 Å². The number of aromatic amines is 1. The highest BCUT2D eigenvalue weighted by Gasteiger charge is 2.23. The molecule has 1 aromatic carbocycles. The van der Waals surface area contributed by atoms with Crippen LogP contribution in [-0.4, -0.2) is 16.4 Å². The first kappa shape index (κ1) is 13.5. The van der Waals surface area contributed by atoms with Crippen molar-refractivity contribution in [3.05, 3.63) is 30.0 Å². The van der Waals surface area contributed by atoms with Gasteiger partial charge in [-0.25, -0.2) is 0 Å². The molecule has 1 heterocycles. The van der Waals surface area contributed by atoms with Gasteiger partial charge in [0, 0.05) is 10.9 Å². The van der Waals surface area contributed by atoms with E-state index in [2.05, 4.69) is 31.1 Å². The summed E-state index contributed by atoms with van der Waals surface area (Å²) < 4.78 is 0. The van der Waals surface area contributed by atoms with Gasteiger partial charge >= 0.3 is 0 Å². The average Bonchev–Trinajstić information content (AvgIpc) is 2.84. The number of amides is 1. The molecule has 1 amide bonds. The maximum absolute atomic E-state index is 12.3. The quantitative estimate of drug-likeness (QED) is 0.738. The first-order valence-electron chi connectivity index (χ1n) is 6.69. The van der Waals surface area contributed by atoms with E-state index >= 15 is 0 Å². The molecule has 0 unspecified atom stereocenters. The van der Waals surface area contributed by atoms with E-state index in [0.717, 1.165) is 23.7 Å². The van der Waals surface area contributed by atoms with Crippen molar-refractivity contribution in [2.75, 3.05) is 5.73 Å². The summed E-state index contributed by atoms with van der Waals surface area (Å²) >= 11 is 0. The van der Waals surface area contributed by atoms with Gasteiger partial charge in [0.15, 0.2) is 0 Å². The van der Waals surface area contributed by atoms with Gasteiger partial charge in [0.1, 0.15) is 5.69 Å². The molecule has 2 aromatic rings. The molecule has 0 spiro atoms. The smallest absolute Gasteiger partial charge is 0.268 e. The Kier molecular flexibility index (Phi) is 3.51. The molecule has 0 saturated heterocycles. The van der Waals surface area contributed by atoms with Crippen molar-refractivity contribution in [3.8, 4) is 0 Å². The fraction of sp³-hybridized carbons (Fsp3) is 0.400. The van der Waals surface area contributed by atoms with Crippen molar-refractivity contribution in [2.24, 2.45) is 0 Å². The number of nitrogens with one attached hydrogen (secondary N) is 2. The van der Waals surface area contributed by atoms with Gasteiger partial charge in [-0.3, -0.25) is 4.79 Å². The Labute approximate surface area is 113 Å². The summed E-state index contributed by atoms with van der Waals surface area (Å²) in [6.07, 6.45) is 1.80. The Morgan fingerprint density at radius 1 is 1.37 bits per heavy atom. The van der Waals surface area contributed by atoms with Crippen LogP contribution in [0.3, 0.4) is 0 Å². The predicted octanol–water partition coefficient (Wildman–Crippen LogP) is 3.06. The van der Waals surface area contributed by atoms with Crippen LogP contribution in [0.15, 0.2) is 24.3 Å². The topological polar surface area (TPSA) is 70.9 Å². The molecule has 1 aromatic heterocycles. The number of hydrogen-bond donors (Lipinski definition) is 3. The summed E-state index contributed by atoms with van der Waals surface area (Å²) in [5.41, 5.74) is 7.76.